The molecule has 0 aliphatic carbocycles. The van der Waals surface area contributed by atoms with Crippen LogP contribution in [0.3, 0.4) is 0 Å². The van der Waals surface area contributed by atoms with E-state index in [9.17, 15) is 4.79 Å². The lowest BCUT2D eigenvalue weighted by Gasteiger charge is -2.16. The first kappa shape index (κ1) is 17.8. The average Bonchev–Trinajstić information content (AvgIpc) is 2.62. The predicted octanol–water partition coefficient (Wildman–Crippen LogP) is 6.77. The second-order valence-electron chi connectivity index (χ2n) is 6.46. The van der Waals surface area contributed by atoms with Gasteiger partial charge in [0.1, 0.15) is 5.75 Å². The molecule has 0 aliphatic rings. The van der Waals surface area contributed by atoms with Gasteiger partial charge >= 0.3 is 5.97 Å². The second kappa shape index (κ2) is 7.88. The van der Waals surface area contributed by atoms with Gasteiger partial charge in [0.15, 0.2) is 0 Å². The minimum Gasteiger partial charge on any atom is -0.425 e. The number of carbonyl (C=O) groups excluding carboxylic acids is 1. The Labute approximate surface area is 153 Å². The molecule has 25 heavy (non-hydrogen) atoms. The Morgan fingerprint density at radius 1 is 1.04 bits per heavy atom. The fraction of sp³-hybridized carbons (Fsp3) is 0.318. The molecule has 3 heteroatoms. The minimum absolute atomic E-state index is 0.0619. The number of hydrogen-bond donors (Lipinski definition) is 0. The van der Waals surface area contributed by atoms with Crippen LogP contribution in [0.4, 0.5) is 0 Å². The Hall–Kier alpha value is -2.06. The summed E-state index contributed by atoms with van der Waals surface area (Å²) in [5.74, 6) is 0.414. The number of carbonyl (C=O) groups is 1. The van der Waals surface area contributed by atoms with Crippen LogP contribution in [0.15, 0.2) is 48.5 Å². The lowest BCUT2D eigenvalue weighted by atomic mass is 9.99. The molecule has 3 rings (SSSR count). The molecule has 0 N–H and O–H groups in total. The topological polar surface area (TPSA) is 26.3 Å². The third-order valence-electron chi connectivity index (χ3n) is 4.71. The smallest absolute Gasteiger partial charge is 0.314 e. The summed E-state index contributed by atoms with van der Waals surface area (Å²) >= 11 is 6.20. The van der Waals surface area contributed by atoms with Crippen LogP contribution in [0.25, 0.3) is 21.5 Å². The number of rotatable bonds is 6. The van der Waals surface area contributed by atoms with Crippen LogP contribution in [0.5, 0.6) is 5.75 Å². The lowest BCUT2D eigenvalue weighted by Crippen LogP contribution is -2.20. The summed E-state index contributed by atoms with van der Waals surface area (Å²) in [4.78, 5) is 12.8. The summed E-state index contributed by atoms with van der Waals surface area (Å²) in [5, 5.41) is 4.54. The van der Waals surface area contributed by atoms with Gasteiger partial charge < -0.3 is 4.74 Å². The van der Waals surface area contributed by atoms with Gasteiger partial charge in [-0.05, 0) is 41.8 Å². The van der Waals surface area contributed by atoms with Crippen molar-refractivity contribution in [2.75, 3.05) is 0 Å². The molecular weight excluding hydrogens is 332 g/mol. The molecule has 1 atom stereocenters. The fourth-order valence-corrected chi connectivity index (χ4v) is 3.40. The monoisotopic (exact) mass is 354 g/mol. The van der Waals surface area contributed by atoms with Crippen LogP contribution in [-0.2, 0) is 4.79 Å². The van der Waals surface area contributed by atoms with Crippen molar-refractivity contribution in [3.05, 3.63) is 53.6 Å². The van der Waals surface area contributed by atoms with Gasteiger partial charge in [0.05, 0.1) is 5.92 Å². The van der Waals surface area contributed by atoms with E-state index in [0.717, 1.165) is 47.2 Å². The van der Waals surface area contributed by atoms with Gasteiger partial charge in [0.2, 0.25) is 0 Å². The Kier molecular flexibility index (Phi) is 5.60. The van der Waals surface area contributed by atoms with Gasteiger partial charge in [0, 0.05) is 15.8 Å². The summed E-state index contributed by atoms with van der Waals surface area (Å²) in [5.41, 5.74) is 0. The van der Waals surface area contributed by atoms with Crippen molar-refractivity contribution in [2.24, 2.45) is 5.92 Å². The van der Waals surface area contributed by atoms with Crippen molar-refractivity contribution < 1.29 is 9.53 Å². The average molecular weight is 355 g/mol. The van der Waals surface area contributed by atoms with Crippen molar-refractivity contribution in [3.63, 3.8) is 0 Å². The Balaban J connectivity index is 2.08. The minimum atomic E-state index is -0.145. The van der Waals surface area contributed by atoms with Gasteiger partial charge in [-0.1, -0.05) is 68.6 Å². The summed E-state index contributed by atoms with van der Waals surface area (Å²) in [6.07, 6.45) is 3.78. The Morgan fingerprint density at radius 3 is 2.56 bits per heavy atom. The highest BCUT2D eigenvalue weighted by Crippen LogP contribution is 2.37. The van der Waals surface area contributed by atoms with Crippen molar-refractivity contribution in [3.8, 4) is 5.75 Å². The van der Waals surface area contributed by atoms with Crippen molar-refractivity contribution in [1.29, 1.82) is 0 Å². The number of fused-ring (bicyclic) bond motifs is 2. The van der Waals surface area contributed by atoms with Gasteiger partial charge in [-0.15, -0.1) is 0 Å². The second-order valence-corrected chi connectivity index (χ2v) is 6.90. The van der Waals surface area contributed by atoms with E-state index in [4.69, 9.17) is 16.3 Å². The molecule has 0 saturated carbocycles. The van der Waals surface area contributed by atoms with Gasteiger partial charge in [-0.25, -0.2) is 0 Å². The van der Waals surface area contributed by atoms with E-state index in [0.29, 0.717) is 10.8 Å². The number of esters is 1. The summed E-state index contributed by atoms with van der Waals surface area (Å²) in [7, 11) is 0. The van der Waals surface area contributed by atoms with E-state index in [-0.39, 0.29) is 11.9 Å². The molecule has 0 fully saturated rings. The normalized spacial score (nSPS) is 12.4. The largest absolute Gasteiger partial charge is 0.425 e. The molecule has 3 aromatic rings. The van der Waals surface area contributed by atoms with E-state index in [1.54, 1.807) is 0 Å². The molecule has 0 aliphatic heterocycles. The molecular formula is C22H23ClO2. The molecule has 0 saturated heterocycles. The lowest BCUT2D eigenvalue weighted by molar-refractivity contribution is -0.139. The van der Waals surface area contributed by atoms with Gasteiger partial charge in [0.25, 0.3) is 0 Å². The number of benzene rings is 3. The van der Waals surface area contributed by atoms with Crippen molar-refractivity contribution in [1.82, 2.24) is 0 Å². The maximum absolute atomic E-state index is 12.8. The third kappa shape index (κ3) is 3.80. The molecule has 1 unspecified atom stereocenters. The molecule has 0 bridgehead atoms. The molecule has 0 spiro atoms. The summed E-state index contributed by atoms with van der Waals surface area (Å²) < 4.78 is 5.95. The zero-order valence-electron chi connectivity index (χ0n) is 14.7. The Morgan fingerprint density at radius 2 is 1.80 bits per heavy atom. The summed E-state index contributed by atoms with van der Waals surface area (Å²) in [6.45, 7) is 4.18. The Bertz CT molecular complexity index is 901. The molecule has 2 nitrogen and oxygen atoms in total. The number of ether oxygens (including phenoxy) is 1. The molecule has 3 aromatic carbocycles. The molecule has 0 amide bonds. The molecule has 130 valence electrons. The van der Waals surface area contributed by atoms with Crippen molar-refractivity contribution >= 4 is 39.1 Å². The van der Waals surface area contributed by atoms with Crippen LogP contribution >= 0.6 is 11.6 Å². The number of unbranched alkanes of at least 4 members (excludes halogenated alkanes) is 1. The van der Waals surface area contributed by atoms with Crippen LogP contribution in [0.1, 0.15) is 39.5 Å². The van der Waals surface area contributed by atoms with Crippen LogP contribution in [-0.4, -0.2) is 5.97 Å². The molecule has 0 aromatic heterocycles. The number of hydrogen-bond acceptors (Lipinski definition) is 2. The first-order chi connectivity index (χ1) is 12.1. The third-order valence-corrected chi connectivity index (χ3v) is 4.95. The molecule has 0 radical (unpaired) electrons. The van der Waals surface area contributed by atoms with Crippen molar-refractivity contribution in [2.45, 2.75) is 39.5 Å². The van der Waals surface area contributed by atoms with Gasteiger partial charge in [-0.2, -0.15) is 0 Å². The van der Waals surface area contributed by atoms with Gasteiger partial charge in [-0.3, -0.25) is 4.79 Å². The summed E-state index contributed by atoms with van der Waals surface area (Å²) in [6, 6.07) is 15.8. The highest BCUT2D eigenvalue weighted by Gasteiger charge is 2.20. The predicted molar refractivity (Wildman–Crippen MR) is 105 cm³/mol. The maximum Gasteiger partial charge on any atom is 0.314 e. The number of halogens is 1. The highest BCUT2D eigenvalue weighted by molar-refractivity contribution is 6.31. The SMILES string of the molecule is CCCCC(CC)C(=O)Oc1c2ccccc2cc2ccc(Cl)cc12. The van der Waals surface area contributed by atoms with E-state index >= 15 is 0 Å². The zero-order chi connectivity index (χ0) is 17.8. The van der Waals surface area contributed by atoms with E-state index in [2.05, 4.69) is 13.0 Å². The van der Waals surface area contributed by atoms with Crippen LogP contribution < -0.4 is 4.74 Å². The van der Waals surface area contributed by atoms with Crippen LogP contribution in [0, 0.1) is 5.92 Å². The fourth-order valence-electron chi connectivity index (χ4n) is 3.23. The maximum atomic E-state index is 12.8. The zero-order valence-corrected chi connectivity index (χ0v) is 15.5. The van der Waals surface area contributed by atoms with E-state index in [1.165, 1.54) is 0 Å². The first-order valence-electron chi connectivity index (χ1n) is 8.96. The highest BCUT2D eigenvalue weighted by atomic mass is 35.5. The standard InChI is InChI=1S/C22H23ClO2/c1-3-5-8-15(4-2)22(24)25-21-19-10-7-6-9-16(19)13-17-11-12-18(23)14-20(17)21/h6-7,9-15H,3-5,8H2,1-2H3. The first-order valence-corrected chi connectivity index (χ1v) is 9.34. The van der Waals surface area contributed by atoms with E-state index < -0.39 is 0 Å². The van der Waals surface area contributed by atoms with E-state index in [1.807, 2.05) is 49.4 Å². The van der Waals surface area contributed by atoms with Crippen LogP contribution in [0.2, 0.25) is 5.02 Å². The quantitative estimate of drug-likeness (QED) is 0.277. The molecule has 0 heterocycles.